The van der Waals surface area contributed by atoms with E-state index in [2.05, 4.69) is 19.1 Å². The highest BCUT2D eigenvalue weighted by molar-refractivity contribution is 5.43. The molecule has 1 atom stereocenters. The van der Waals surface area contributed by atoms with Crippen LogP contribution in [0, 0.1) is 6.92 Å². The monoisotopic (exact) mass is 271 g/mol. The Labute approximate surface area is 120 Å². The van der Waals surface area contributed by atoms with Gasteiger partial charge in [0.15, 0.2) is 0 Å². The van der Waals surface area contributed by atoms with Crippen molar-refractivity contribution < 1.29 is 9.47 Å². The van der Waals surface area contributed by atoms with Crippen LogP contribution in [-0.4, -0.2) is 20.3 Å². The van der Waals surface area contributed by atoms with Crippen LogP contribution < -0.4 is 10.5 Å². The fraction of sp³-hybridized carbons (Fsp3) is 0.294. The average Bonchev–Trinajstić information content (AvgIpc) is 2.48. The SMILES string of the molecule is COCCOc1ccccc1C(N)c1ccccc1C. The molecule has 0 radical (unpaired) electrons. The van der Waals surface area contributed by atoms with Crippen LogP contribution in [0.1, 0.15) is 22.7 Å². The summed E-state index contributed by atoms with van der Waals surface area (Å²) >= 11 is 0. The molecule has 20 heavy (non-hydrogen) atoms. The Balaban J connectivity index is 2.25. The van der Waals surface area contributed by atoms with Gasteiger partial charge in [0, 0.05) is 12.7 Å². The van der Waals surface area contributed by atoms with Gasteiger partial charge in [-0.15, -0.1) is 0 Å². The highest BCUT2D eigenvalue weighted by Gasteiger charge is 2.15. The Morgan fingerprint density at radius 1 is 0.950 bits per heavy atom. The van der Waals surface area contributed by atoms with Crippen molar-refractivity contribution in [2.24, 2.45) is 5.73 Å². The van der Waals surface area contributed by atoms with E-state index in [4.69, 9.17) is 15.2 Å². The molecule has 0 aliphatic rings. The lowest BCUT2D eigenvalue weighted by Crippen LogP contribution is -2.15. The molecule has 2 aromatic carbocycles. The molecule has 1 unspecified atom stereocenters. The highest BCUT2D eigenvalue weighted by atomic mass is 16.5. The maximum Gasteiger partial charge on any atom is 0.124 e. The summed E-state index contributed by atoms with van der Waals surface area (Å²) in [4.78, 5) is 0. The zero-order valence-corrected chi connectivity index (χ0v) is 12.0. The van der Waals surface area contributed by atoms with Gasteiger partial charge >= 0.3 is 0 Å². The average molecular weight is 271 g/mol. The van der Waals surface area contributed by atoms with Gasteiger partial charge in [-0.05, 0) is 24.1 Å². The number of benzene rings is 2. The van der Waals surface area contributed by atoms with E-state index in [1.807, 2.05) is 36.4 Å². The molecule has 106 valence electrons. The molecular formula is C17H21NO2. The summed E-state index contributed by atoms with van der Waals surface area (Å²) in [5, 5.41) is 0. The van der Waals surface area contributed by atoms with Gasteiger partial charge in [0.1, 0.15) is 12.4 Å². The predicted octanol–water partition coefficient (Wildman–Crippen LogP) is 3.07. The fourth-order valence-electron chi connectivity index (χ4n) is 2.21. The third-order valence-electron chi connectivity index (χ3n) is 3.32. The minimum atomic E-state index is -0.185. The summed E-state index contributed by atoms with van der Waals surface area (Å²) in [6, 6.07) is 15.9. The molecule has 3 heteroatoms. The van der Waals surface area contributed by atoms with Crippen LogP contribution in [0.5, 0.6) is 5.75 Å². The van der Waals surface area contributed by atoms with Crippen molar-refractivity contribution in [1.29, 1.82) is 0 Å². The third kappa shape index (κ3) is 3.38. The second-order valence-corrected chi connectivity index (χ2v) is 4.71. The van der Waals surface area contributed by atoms with Crippen molar-refractivity contribution in [3.63, 3.8) is 0 Å². The standard InChI is InChI=1S/C17H21NO2/c1-13-7-3-4-8-14(13)17(18)15-9-5-6-10-16(15)20-12-11-19-2/h3-10,17H,11-12,18H2,1-2H3. The van der Waals surface area contributed by atoms with E-state index in [9.17, 15) is 0 Å². The summed E-state index contributed by atoms with van der Waals surface area (Å²) in [5.41, 5.74) is 9.72. The maximum absolute atomic E-state index is 6.41. The van der Waals surface area contributed by atoms with E-state index in [-0.39, 0.29) is 6.04 Å². The Morgan fingerprint density at radius 3 is 2.30 bits per heavy atom. The molecular weight excluding hydrogens is 250 g/mol. The van der Waals surface area contributed by atoms with E-state index in [1.165, 1.54) is 5.56 Å². The Hall–Kier alpha value is -1.84. The van der Waals surface area contributed by atoms with Crippen LogP contribution >= 0.6 is 0 Å². The minimum absolute atomic E-state index is 0.185. The van der Waals surface area contributed by atoms with Crippen molar-refractivity contribution in [3.05, 3.63) is 65.2 Å². The molecule has 0 saturated carbocycles. The molecule has 0 aromatic heterocycles. The lowest BCUT2D eigenvalue weighted by atomic mass is 9.95. The van der Waals surface area contributed by atoms with Gasteiger partial charge in [-0.2, -0.15) is 0 Å². The number of para-hydroxylation sites is 1. The van der Waals surface area contributed by atoms with Crippen LogP contribution in [0.15, 0.2) is 48.5 Å². The zero-order valence-electron chi connectivity index (χ0n) is 12.0. The van der Waals surface area contributed by atoms with E-state index in [0.29, 0.717) is 13.2 Å². The first-order valence-corrected chi connectivity index (χ1v) is 6.76. The molecule has 0 bridgehead atoms. The largest absolute Gasteiger partial charge is 0.491 e. The number of aryl methyl sites for hydroxylation is 1. The summed E-state index contributed by atoms with van der Waals surface area (Å²) in [7, 11) is 1.66. The first kappa shape index (κ1) is 14.6. The van der Waals surface area contributed by atoms with Crippen molar-refractivity contribution in [3.8, 4) is 5.75 Å². The van der Waals surface area contributed by atoms with Gasteiger partial charge in [-0.1, -0.05) is 42.5 Å². The topological polar surface area (TPSA) is 44.5 Å². The zero-order chi connectivity index (χ0) is 14.4. The van der Waals surface area contributed by atoms with E-state index in [1.54, 1.807) is 7.11 Å². The lowest BCUT2D eigenvalue weighted by Gasteiger charge is -2.19. The summed E-state index contributed by atoms with van der Waals surface area (Å²) in [6.07, 6.45) is 0. The van der Waals surface area contributed by atoms with Crippen molar-refractivity contribution >= 4 is 0 Å². The van der Waals surface area contributed by atoms with Gasteiger partial charge in [0.25, 0.3) is 0 Å². The summed E-state index contributed by atoms with van der Waals surface area (Å²) < 4.78 is 10.8. The quantitative estimate of drug-likeness (QED) is 0.821. The van der Waals surface area contributed by atoms with Crippen LogP contribution in [0.4, 0.5) is 0 Å². The maximum atomic E-state index is 6.41. The van der Waals surface area contributed by atoms with Gasteiger partial charge in [-0.25, -0.2) is 0 Å². The molecule has 0 spiro atoms. The van der Waals surface area contributed by atoms with Crippen LogP contribution in [0.25, 0.3) is 0 Å². The first-order chi connectivity index (χ1) is 9.74. The number of rotatable bonds is 6. The Kier molecular flexibility index (Phi) is 5.16. The molecule has 0 saturated heterocycles. The van der Waals surface area contributed by atoms with Crippen molar-refractivity contribution in [2.75, 3.05) is 20.3 Å². The number of methoxy groups -OCH3 is 1. The van der Waals surface area contributed by atoms with Crippen LogP contribution in [0.3, 0.4) is 0 Å². The number of nitrogens with two attached hydrogens (primary N) is 1. The van der Waals surface area contributed by atoms with E-state index in [0.717, 1.165) is 16.9 Å². The number of ether oxygens (including phenoxy) is 2. The summed E-state index contributed by atoms with van der Waals surface area (Å²) in [6.45, 7) is 3.16. The van der Waals surface area contributed by atoms with Crippen molar-refractivity contribution in [2.45, 2.75) is 13.0 Å². The molecule has 3 nitrogen and oxygen atoms in total. The third-order valence-corrected chi connectivity index (χ3v) is 3.32. The minimum Gasteiger partial charge on any atom is -0.491 e. The lowest BCUT2D eigenvalue weighted by molar-refractivity contribution is 0.145. The molecule has 0 fully saturated rings. The normalized spacial score (nSPS) is 12.2. The van der Waals surface area contributed by atoms with Gasteiger partial charge < -0.3 is 15.2 Å². The van der Waals surface area contributed by atoms with Crippen molar-refractivity contribution in [1.82, 2.24) is 0 Å². The number of hydrogen-bond acceptors (Lipinski definition) is 3. The molecule has 2 N–H and O–H groups in total. The van der Waals surface area contributed by atoms with Gasteiger partial charge in [-0.3, -0.25) is 0 Å². The van der Waals surface area contributed by atoms with E-state index >= 15 is 0 Å². The Bertz CT molecular complexity index is 554. The summed E-state index contributed by atoms with van der Waals surface area (Å²) in [5.74, 6) is 0.820. The Morgan fingerprint density at radius 2 is 1.60 bits per heavy atom. The van der Waals surface area contributed by atoms with E-state index < -0.39 is 0 Å². The predicted molar refractivity (Wildman–Crippen MR) is 81.0 cm³/mol. The molecule has 2 rings (SSSR count). The molecule has 0 amide bonds. The van der Waals surface area contributed by atoms with Crippen LogP contribution in [0.2, 0.25) is 0 Å². The fourth-order valence-corrected chi connectivity index (χ4v) is 2.21. The highest BCUT2D eigenvalue weighted by Crippen LogP contribution is 2.29. The number of hydrogen-bond donors (Lipinski definition) is 1. The smallest absolute Gasteiger partial charge is 0.124 e. The van der Waals surface area contributed by atoms with Gasteiger partial charge in [0.05, 0.1) is 12.6 Å². The first-order valence-electron chi connectivity index (χ1n) is 6.76. The molecule has 0 aliphatic heterocycles. The second-order valence-electron chi connectivity index (χ2n) is 4.71. The molecule has 0 heterocycles. The second kappa shape index (κ2) is 7.08. The van der Waals surface area contributed by atoms with Gasteiger partial charge in [0.2, 0.25) is 0 Å². The molecule has 2 aromatic rings. The molecule has 0 aliphatic carbocycles. The van der Waals surface area contributed by atoms with Crippen LogP contribution in [-0.2, 0) is 4.74 Å².